The lowest BCUT2D eigenvalue weighted by molar-refractivity contribution is 0.0497. The number of rotatable bonds is 4. The molecule has 1 aromatic heterocycles. The fraction of sp³-hybridized carbons (Fsp3) is 0.455. The molecule has 0 aliphatic rings. The minimum absolute atomic E-state index is 0.0664. The Morgan fingerprint density at radius 2 is 2.20 bits per heavy atom. The van der Waals surface area contributed by atoms with E-state index in [9.17, 15) is 9.59 Å². The molecule has 0 spiro atoms. The first-order valence-corrected chi connectivity index (χ1v) is 5.02. The number of carbonyl (C=O) groups excluding carboxylic acids is 1. The molecule has 1 heterocycles. The molecule has 0 aromatic carbocycles. The third kappa shape index (κ3) is 3.23. The number of hydrogen-bond donors (Lipinski definition) is 1. The molecule has 4 heteroatoms. The van der Waals surface area contributed by atoms with Gasteiger partial charge in [0, 0.05) is 5.69 Å². The van der Waals surface area contributed by atoms with Gasteiger partial charge < -0.3 is 9.72 Å². The first kappa shape index (κ1) is 11.5. The number of nitrogens with one attached hydrogen (secondary N) is 1. The van der Waals surface area contributed by atoms with E-state index in [2.05, 4.69) is 4.98 Å². The molecule has 0 atom stereocenters. The van der Waals surface area contributed by atoms with Crippen LogP contribution in [0.3, 0.4) is 0 Å². The minimum Gasteiger partial charge on any atom is -0.462 e. The highest BCUT2D eigenvalue weighted by molar-refractivity contribution is 5.88. The second-order valence-electron chi connectivity index (χ2n) is 3.37. The van der Waals surface area contributed by atoms with Gasteiger partial charge in [-0.25, -0.2) is 4.79 Å². The number of hydrogen-bond acceptors (Lipinski definition) is 3. The van der Waals surface area contributed by atoms with E-state index in [1.54, 1.807) is 13.0 Å². The summed E-state index contributed by atoms with van der Waals surface area (Å²) in [6.45, 7) is 4.13. The van der Waals surface area contributed by atoms with Crippen LogP contribution in [0.4, 0.5) is 0 Å². The Morgan fingerprint density at radius 1 is 1.47 bits per heavy atom. The fourth-order valence-electron chi connectivity index (χ4n) is 1.12. The average molecular weight is 209 g/mol. The second kappa shape index (κ2) is 5.34. The number of aryl methyl sites for hydroxylation is 1. The number of aromatic nitrogens is 1. The summed E-state index contributed by atoms with van der Waals surface area (Å²) < 4.78 is 4.93. The summed E-state index contributed by atoms with van der Waals surface area (Å²) in [6.07, 6.45) is 1.77. The lowest BCUT2D eigenvalue weighted by Crippen LogP contribution is -2.20. The van der Waals surface area contributed by atoms with E-state index in [0.717, 1.165) is 18.5 Å². The van der Waals surface area contributed by atoms with Gasteiger partial charge in [0.1, 0.15) is 5.56 Å². The van der Waals surface area contributed by atoms with Crippen LogP contribution in [0.15, 0.2) is 16.9 Å². The van der Waals surface area contributed by atoms with Gasteiger partial charge in [0.25, 0.3) is 5.56 Å². The van der Waals surface area contributed by atoms with Crippen LogP contribution in [0.5, 0.6) is 0 Å². The zero-order valence-corrected chi connectivity index (χ0v) is 9.00. The molecule has 82 valence electrons. The average Bonchev–Trinajstić information content (AvgIpc) is 2.17. The molecule has 0 aliphatic carbocycles. The molecule has 0 saturated heterocycles. The topological polar surface area (TPSA) is 59.2 Å². The molecule has 0 saturated carbocycles. The standard InChI is InChI=1S/C11H15NO3/c1-3-4-7-15-11(14)9-6-5-8(2)12-10(9)13/h5-6H,3-4,7H2,1-2H3,(H,12,13). The van der Waals surface area contributed by atoms with Gasteiger partial charge in [0.2, 0.25) is 0 Å². The molecule has 1 N–H and O–H groups in total. The van der Waals surface area contributed by atoms with Crippen molar-refractivity contribution in [3.63, 3.8) is 0 Å². The zero-order valence-electron chi connectivity index (χ0n) is 9.00. The summed E-state index contributed by atoms with van der Waals surface area (Å²) in [4.78, 5) is 25.3. The van der Waals surface area contributed by atoms with Crippen LogP contribution in [-0.4, -0.2) is 17.6 Å². The molecule has 4 nitrogen and oxygen atoms in total. The lowest BCUT2D eigenvalue weighted by Gasteiger charge is -2.03. The SMILES string of the molecule is CCCCOC(=O)c1ccc(C)[nH]c1=O. The maximum atomic E-state index is 11.4. The van der Waals surface area contributed by atoms with Gasteiger partial charge in [-0.15, -0.1) is 0 Å². The van der Waals surface area contributed by atoms with Crippen LogP contribution in [0.25, 0.3) is 0 Å². The van der Waals surface area contributed by atoms with Crippen molar-refractivity contribution in [3.8, 4) is 0 Å². The maximum absolute atomic E-state index is 11.4. The quantitative estimate of drug-likeness (QED) is 0.605. The van der Waals surface area contributed by atoms with E-state index in [1.165, 1.54) is 6.07 Å². The number of ether oxygens (including phenoxy) is 1. The van der Waals surface area contributed by atoms with Gasteiger partial charge in [-0.1, -0.05) is 13.3 Å². The number of carbonyl (C=O) groups is 1. The molecule has 0 aliphatic heterocycles. The van der Waals surface area contributed by atoms with Gasteiger partial charge in [-0.3, -0.25) is 4.79 Å². The molecule has 1 aromatic rings. The van der Waals surface area contributed by atoms with Crippen LogP contribution in [0.2, 0.25) is 0 Å². The Balaban J connectivity index is 2.70. The van der Waals surface area contributed by atoms with E-state index < -0.39 is 11.5 Å². The Hall–Kier alpha value is -1.58. The maximum Gasteiger partial charge on any atom is 0.343 e. The first-order chi connectivity index (χ1) is 7.15. The van der Waals surface area contributed by atoms with Crippen molar-refractivity contribution in [1.29, 1.82) is 0 Å². The van der Waals surface area contributed by atoms with Crippen LogP contribution in [-0.2, 0) is 4.74 Å². The van der Waals surface area contributed by atoms with E-state index in [4.69, 9.17) is 4.74 Å². The third-order valence-corrected chi connectivity index (χ3v) is 2.01. The highest BCUT2D eigenvalue weighted by Gasteiger charge is 2.10. The molecule has 0 fully saturated rings. The van der Waals surface area contributed by atoms with Crippen molar-refractivity contribution < 1.29 is 9.53 Å². The molecule has 0 amide bonds. The Kier molecular flexibility index (Phi) is 4.09. The van der Waals surface area contributed by atoms with E-state index >= 15 is 0 Å². The van der Waals surface area contributed by atoms with Gasteiger partial charge >= 0.3 is 5.97 Å². The van der Waals surface area contributed by atoms with Gasteiger partial charge in [0.15, 0.2) is 0 Å². The predicted molar refractivity (Wildman–Crippen MR) is 57.0 cm³/mol. The highest BCUT2D eigenvalue weighted by Crippen LogP contribution is 1.98. The van der Waals surface area contributed by atoms with Crippen LogP contribution >= 0.6 is 0 Å². The van der Waals surface area contributed by atoms with Crippen molar-refractivity contribution in [2.24, 2.45) is 0 Å². The van der Waals surface area contributed by atoms with Gasteiger partial charge in [-0.05, 0) is 25.5 Å². The molecule has 0 radical (unpaired) electrons. The molecule has 15 heavy (non-hydrogen) atoms. The summed E-state index contributed by atoms with van der Waals surface area (Å²) in [5.41, 5.74) is 0.401. The molecule has 0 bridgehead atoms. The molecule has 0 unspecified atom stereocenters. The van der Waals surface area contributed by atoms with Crippen molar-refractivity contribution in [3.05, 3.63) is 33.7 Å². The molecule has 1 rings (SSSR count). The molecular weight excluding hydrogens is 194 g/mol. The third-order valence-electron chi connectivity index (χ3n) is 2.01. The normalized spacial score (nSPS) is 10.0. The fourth-order valence-corrected chi connectivity index (χ4v) is 1.12. The number of H-pyrrole nitrogens is 1. The van der Waals surface area contributed by atoms with Crippen LogP contribution in [0.1, 0.15) is 35.8 Å². The van der Waals surface area contributed by atoms with E-state index in [1.807, 2.05) is 6.92 Å². The van der Waals surface area contributed by atoms with E-state index in [-0.39, 0.29) is 5.56 Å². The minimum atomic E-state index is -0.551. The largest absolute Gasteiger partial charge is 0.462 e. The van der Waals surface area contributed by atoms with Crippen molar-refractivity contribution >= 4 is 5.97 Å². The van der Waals surface area contributed by atoms with Crippen LogP contribution in [0, 0.1) is 6.92 Å². The Morgan fingerprint density at radius 3 is 2.80 bits per heavy atom. The number of esters is 1. The molecular formula is C11H15NO3. The monoisotopic (exact) mass is 209 g/mol. The summed E-state index contributed by atoms with van der Waals surface area (Å²) in [7, 11) is 0. The zero-order chi connectivity index (χ0) is 11.3. The Labute approximate surface area is 88.3 Å². The summed E-state index contributed by atoms with van der Waals surface area (Å²) in [6, 6.07) is 3.17. The second-order valence-corrected chi connectivity index (χ2v) is 3.37. The Bertz CT molecular complexity index is 395. The van der Waals surface area contributed by atoms with E-state index in [0.29, 0.717) is 6.61 Å². The lowest BCUT2D eigenvalue weighted by atomic mass is 10.2. The number of unbranched alkanes of at least 4 members (excludes halogenated alkanes) is 1. The highest BCUT2D eigenvalue weighted by atomic mass is 16.5. The predicted octanol–water partition coefficient (Wildman–Crippen LogP) is 1.64. The van der Waals surface area contributed by atoms with Crippen molar-refractivity contribution in [2.75, 3.05) is 6.61 Å². The van der Waals surface area contributed by atoms with Gasteiger partial charge in [0.05, 0.1) is 6.61 Å². The number of pyridine rings is 1. The smallest absolute Gasteiger partial charge is 0.343 e. The summed E-state index contributed by atoms with van der Waals surface area (Å²) in [5, 5.41) is 0. The summed E-state index contributed by atoms with van der Waals surface area (Å²) >= 11 is 0. The summed E-state index contributed by atoms with van der Waals surface area (Å²) in [5.74, 6) is -0.551. The number of aromatic amines is 1. The van der Waals surface area contributed by atoms with Crippen molar-refractivity contribution in [2.45, 2.75) is 26.7 Å². The van der Waals surface area contributed by atoms with Crippen LogP contribution < -0.4 is 5.56 Å². The first-order valence-electron chi connectivity index (χ1n) is 5.02. The van der Waals surface area contributed by atoms with Gasteiger partial charge in [-0.2, -0.15) is 0 Å². The van der Waals surface area contributed by atoms with Crippen molar-refractivity contribution in [1.82, 2.24) is 4.98 Å².